The summed E-state index contributed by atoms with van der Waals surface area (Å²) in [6.45, 7) is 7.74. The number of hydrogen-bond acceptors (Lipinski definition) is 7. The average Bonchev–Trinajstić information content (AvgIpc) is 3.12. The van der Waals surface area contributed by atoms with Crippen LogP contribution in [0.3, 0.4) is 0 Å². The lowest BCUT2D eigenvalue weighted by atomic mass is 9.88. The highest BCUT2D eigenvalue weighted by molar-refractivity contribution is 7.99. The summed E-state index contributed by atoms with van der Waals surface area (Å²) in [5, 5.41) is 12.3. The molecule has 1 N–H and O–H groups in total. The fourth-order valence-corrected chi connectivity index (χ4v) is 5.31. The number of fused-ring (bicyclic) bond motifs is 1. The van der Waals surface area contributed by atoms with Crippen LogP contribution in [0.4, 0.5) is 5.00 Å². The number of ether oxygens (including phenoxy) is 1. The van der Waals surface area contributed by atoms with Crippen LogP contribution in [0.5, 0.6) is 0 Å². The van der Waals surface area contributed by atoms with E-state index in [1.54, 1.807) is 0 Å². The van der Waals surface area contributed by atoms with Crippen LogP contribution in [-0.4, -0.2) is 38.5 Å². The van der Waals surface area contributed by atoms with E-state index in [0.717, 1.165) is 30.7 Å². The molecule has 0 saturated carbocycles. The number of aryl methyl sites for hydroxylation is 1. The number of carbonyl (C=O) groups excluding carboxylic acids is 2. The Kier molecular flexibility index (Phi) is 6.44. The van der Waals surface area contributed by atoms with E-state index in [0.29, 0.717) is 21.6 Å². The highest BCUT2D eigenvalue weighted by Crippen LogP contribution is 2.40. The predicted octanol–water partition coefficient (Wildman–Crippen LogP) is 3.61. The molecule has 1 amide bonds. The van der Waals surface area contributed by atoms with Gasteiger partial charge >= 0.3 is 5.97 Å². The quantitative estimate of drug-likeness (QED) is 0.565. The molecule has 0 saturated heterocycles. The monoisotopic (exact) mass is 422 g/mol. The summed E-state index contributed by atoms with van der Waals surface area (Å²) in [6, 6.07) is 0. The van der Waals surface area contributed by atoms with Gasteiger partial charge in [0.1, 0.15) is 10.8 Å². The summed E-state index contributed by atoms with van der Waals surface area (Å²) in [5.74, 6) is 1.05. The van der Waals surface area contributed by atoms with E-state index >= 15 is 0 Å². The van der Waals surface area contributed by atoms with Gasteiger partial charge in [-0.2, -0.15) is 0 Å². The highest BCUT2D eigenvalue weighted by Gasteiger charge is 2.29. The first-order valence-corrected chi connectivity index (χ1v) is 11.2. The van der Waals surface area contributed by atoms with E-state index in [2.05, 4.69) is 22.4 Å². The normalized spacial score (nSPS) is 16.1. The molecule has 1 atom stereocenters. The number of hydrogen-bond donors (Lipinski definition) is 1. The van der Waals surface area contributed by atoms with E-state index in [-0.39, 0.29) is 23.7 Å². The first-order valence-electron chi connectivity index (χ1n) is 9.40. The standard InChI is InChI=1S/C19H26N4O3S2/c1-10(2)26-18(25)16-13-7-6-11(3)8-14(13)28-17(16)20-15(24)9-27-19-22-21-12(4)23(19)5/h10-11H,6-9H2,1-5H3,(H,20,24)/t11-/m1/s1. The minimum absolute atomic E-state index is 0.170. The number of thioether (sulfide) groups is 1. The van der Waals surface area contributed by atoms with Crippen LogP contribution in [0.1, 0.15) is 53.8 Å². The van der Waals surface area contributed by atoms with Gasteiger partial charge in [0.15, 0.2) is 5.16 Å². The third-order valence-electron chi connectivity index (χ3n) is 4.70. The topological polar surface area (TPSA) is 86.1 Å². The van der Waals surface area contributed by atoms with Crippen LogP contribution in [0.25, 0.3) is 0 Å². The van der Waals surface area contributed by atoms with Crippen LogP contribution >= 0.6 is 23.1 Å². The lowest BCUT2D eigenvalue weighted by molar-refractivity contribution is -0.113. The third kappa shape index (κ3) is 4.57. The third-order valence-corrected chi connectivity index (χ3v) is 6.89. The Morgan fingerprint density at radius 3 is 2.79 bits per heavy atom. The van der Waals surface area contributed by atoms with Crippen molar-refractivity contribution in [3.8, 4) is 0 Å². The van der Waals surface area contributed by atoms with Gasteiger partial charge < -0.3 is 14.6 Å². The molecular weight excluding hydrogens is 396 g/mol. The first kappa shape index (κ1) is 20.9. The summed E-state index contributed by atoms with van der Waals surface area (Å²) in [7, 11) is 1.87. The van der Waals surface area contributed by atoms with Gasteiger partial charge in [-0.3, -0.25) is 4.79 Å². The number of thiophene rings is 1. The first-order chi connectivity index (χ1) is 13.3. The second kappa shape index (κ2) is 8.65. The highest BCUT2D eigenvalue weighted by atomic mass is 32.2. The van der Waals surface area contributed by atoms with Crippen molar-refractivity contribution in [1.29, 1.82) is 0 Å². The molecule has 3 rings (SSSR count). The molecule has 28 heavy (non-hydrogen) atoms. The van der Waals surface area contributed by atoms with Crippen molar-refractivity contribution in [2.75, 3.05) is 11.1 Å². The van der Waals surface area contributed by atoms with E-state index in [9.17, 15) is 9.59 Å². The van der Waals surface area contributed by atoms with Crippen LogP contribution in [0, 0.1) is 12.8 Å². The van der Waals surface area contributed by atoms with Crippen LogP contribution in [0.15, 0.2) is 5.16 Å². The molecule has 0 aliphatic heterocycles. The molecule has 7 nitrogen and oxygen atoms in total. The van der Waals surface area contributed by atoms with Gasteiger partial charge in [-0.1, -0.05) is 18.7 Å². The molecule has 1 aliphatic rings. The zero-order valence-corrected chi connectivity index (χ0v) is 18.5. The van der Waals surface area contributed by atoms with Crippen molar-refractivity contribution < 1.29 is 14.3 Å². The molecule has 2 aromatic rings. The summed E-state index contributed by atoms with van der Waals surface area (Å²) < 4.78 is 7.29. The van der Waals surface area contributed by atoms with E-state index in [1.165, 1.54) is 28.0 Å². The fourth-order valence-electron chi connectivity index (χ4n) is 3.13. The number of esters is 1. The van der Waals surface area contributed by atoms with Crippen LogP contribution in [-0.2, 0) is 29.4 Å². The second-order valence-corrected chi connectivity index (χ2v) is 9.48. The lowest BCUT2D eigenvalue weighted by Gasteiger charge is -2.18. The molecule has 2 heterocycles. The van der Waals surface area contributed by atoms with Crippen molar-refractivity contribution in [2.24, 2.45) is 13.0 Å². The SMILES string of the molecule is Cc1nnc(SCC(=O)Nc2sc3c(c2C(=O)OC(C)C)CC[C@@H](C)C3)n1C. The molecule has 0 bridgehead atoms. The maximum absolute atomic E-state index is 12.7. The zero-order valence-electron chi connectivity index (χ0n) is 16.9. The van der Waals surface area contributed by atoms with E-state index in [4.69, 9.17) is 4.74 Å². The second-order valence-electron chi connectivity index (χ2n) is 7.44. The van der Waals surface area contributed by atoms with Gasteiger partial charge in [0, 0.05) is 11.9 Å². The Bertz CT molecular complexity index is 888. The van der Waals surface area contributed by atoms with Gasteiger partial charge in [-0.05, 0) is 51.5 Å². The van der Waals surface area contributed by atoms with Gasteiger partial charge in [0.05, 0.1) is 17.4 Å². The Hall–Kier alpha value is -1.87. The molecule has 0 spiro atoms. The maximum Gasteiger partial charge on any atom is 0.341 e. The molecule has 1 aliphatic carbocycles. The molecule has 0 aromatic carbocycles. The summed E-state index contributed by atoms with van der Waals surface area (Å²) in [4.78, 5) is 26.4. The molecule has 2 aromatic heterocycles. The predicted molar refractivity (Wildman–Crippen MR) is 111 cm³/mol. The average molecular weight is 423 g/mol. The van der Waals surface area contributed by atoms with Crippen molar-refractivity contribution in [3.05, 3.63) is 21.8 Å². The summed E-state index contributed by atoms with van der Waals surface area (Å²) in [5.41, 5.74) is 1.58. The molecule has 152 valence electrons. The Balaban J connectivity index is 1.77. The summed E-state index contributed by atoms with van der Waals surface area (Å²) >= 11 is 2.82. The van der Waals surface area contributed by atoms with Crippen molar-refractivity contribution >= 4 is 40.0 Å². The zero-order chi connectivity index (χ0) is 20.4. The van der Waals surface area contributed by atoms with E-state index < -0.39 is 0 Å². The number of rotatable bonds is 6. The van der Waals surface area contributed by atoms with Crippen LogP contribution in [0.2, 0.25) is 0 Å². The number of anilines is 1. The molecule has 0 radical (unpaired) electrons. The number of nitrogens with zero attached hydrogens (tertiary/aromatic N) is 3. The van der Waals surface area contributed by atoms with Crippen LogP contribution < -0.4 is 5.32 Å². The van der Waals surface area contributed by atoms with Crippen molar-refractivity contribution in [2.45, 2.75) is 58.2 Å². The summed E-state index contributed by atoms with van der Waals surface area (Å²) in [6.07, 6.45) is 2.62. The van der Waals surface area contributed by atoms with Gasteiger partial charge in [0.2, 0.25) is 5.91 Å². The molecular formula is C19H26N4O3S2. The van der Waals surface area contributed by atoms with Gasteiger partial charge in [-0.15, -0.1) is 21.5 Å². The minimum Gasteiger partial charge on any atom is -0.459 e. The maximum atomic E-state index is 12.7. The number of carbonyl (C=O) groups is 2. The Labute approximate surface area is 173 Å². The Morgan fingerprint density at radius 2 is 2.14 bits per heavy atom. The van der Waals surface area contributed by atoms with Crippen molar-refractivity contribution in [1.82, 2.24) is 14.8 Å². The smallest absolute Gasteiger partial charge is 0.341 e. The largest absolute Gasteiger partial charge is 0.459 e. The molecule has 0 fully saturated rings. The fraction of sp³-hybridized carbons (Fsp3) is 0.579. The lowest BCUT2D eigenvalue weighted by Crippen LogP contribution is -2.19. The molecule has 9 heteroatoms. The number of amides is 1. The van der Waals surface area contributed by atoms with E-state index in [1.807, 2.05) is 32.4 Å². The van der Waals surface area contributed by atoms with Gasteiger partial charge in [-0.25, -0.2) is 4.79 Å². The minimum atomic E-state index is -0.353. The number of nitrogens with one attached hydrogen (secondary N) is 1. The van der Waals surface area contributed by atoms with Crippen molar-refractivity contribution in [3.63, 3.8) is 0 Å². The van der Waals surface area contributed by atoms with Gasteiger partial charge in [0.25, 0.3) is 0 Å². The Morgan fingerprint density at radius 1 is 1.39 bits per heavy atom. The molecule has 0 unspecified atom stereocenters. The number of aromatic nitrogens is 3.